The Morgan fingerprint density at radius 2 is 1.63 bits per heavy atom. The lowest BCUT2D eigenvalue weighted by atomic mass is 10.0. The molecule has 0 bridgehead atoms. The zero-order chi connectivity index (χ0) is 35.9. The van der Waals surface area contributed by atoms with Crippen LogP contribution >= 0.6 is 0 Å². The molecule has 12 nitrogen and oxygen atoms in total. The Kier molecular flexibility index (Phi) is 13.9. The van der Waals surface area contributed by atoms with Crippen LogP contribution in [-0.2, 0) is 27.4 Å². The number of aliphatic hydroxyl groups excluding tert-OH is 1. The second-order valence-corrected chi connectivity index (χ2v) is 12.7. The van der Waals surface area contributed by atoms with Gasteiger partial charge in [-0.05, 0) is 91.5 Å². The molecular formula is C39H47N5O7. The number of urea groups is 1. The maximum atomic E-state index is 12.7. The Bertz CT molecular complexity index is 1720. The second kappa shape index (κ2) is 18.9. The molecule has 0 aliphatic carbocycles. The molecule has 2 heterocycles. The molecule has 1 aliphatic rings. The molecule has 0 unspecified atom stereocenters. The molecule has 51 heavy (non-hydrogen) atoms. The molecule has 1 aliphatic heterocycles. The minimum atomic E-state index is -0.633. The fourth-order valence-electron chi connectivity index (χ4n) is 5.37. The summed E-state index contributed by atoms with van der Waals surface area (Å²) in [6, 6.07) is 23.1. The first-order chi connectivity index (χ1) is 24.7. The number of rotatable bonds is 18. The number of ether oxygens (including phenoxy) is 4. The lowest BCUT2D eigenvalue weighted by Gasteiger charge is -2.33. The number of carbonyl (C=O) groups excluding carboxylic acids is 2. The first-order valence-electron chi connectivity index (χ1n) is 17.2. The van der Waals surface area contributed by atoms with Crippen LogP contribution in [0.5, 0.6) is 5.75 Å². The molecule has 1 aromatic heterocycles. The van der Waals surface area contributed by atoms with E-state index in [0.717, 1.165) is 48.2 Å². The van der Waals surface area contributed by atoms with Gasteiger partial charge in [-0.2, -0.15) is 0 Å². The number of hydrogen-bond donors (Lipinski definition) is 5. The van der Waals surface area contributed by atoms with Crippen LogP contribution in [-0.4, -0.2) is 60.7 Å². The van der Waals surface area contributed by atoms with Crippen LogP contribution in [0.2, 0.25) is 0 Å². The van der Waals surface area contributed by atoms with Crippen molar-refractivity contribution >= 4 is 29.0 Å². The van der Waals surface area contributed by atoms with Crippen molar-refractivity contribution in [3.8, 4) is 5.75 Å². The minimum Gasteiger partial charge on any atom is -0.463 e. The Hall–Kier alpha value is -4.85. The van der Waals surface area contributed by atoms with Crippen molar-refractivity contribution in [2.24, 2.45) is 0 Å². The average molecular weight is 698 g/mol. The molecule has 0 fully saturated rings. The summed E-state index contributed by atoms with van der Waals surface area (Å²) in [7, 11) is 0. The number of unbranched alkanes of at least 4 members (excludes halogenated alkanes) is 2. The van der Waals surface area contributed by atoms with E-state index in [-0.39, 0.29) is 5.91 Å². The van der Waals surface area contributed by atoms with E-state index in [1.165, 1.54) is 6.20 Å². The number of nitrogens with zero attached hydrogens (tertiary/aromatic N) is 1. The number of fused-ring (bicyclic) bond motifs is 1. The topological polar surface area (TPSA) is 152 Å². The van der Waals surface area contributed by atoms with Crippen molar-refractivity contribution in [2.45, 2.75) is 58.2 Å². The molecule has 0 saturated carbocycles. The van der Waals surface area contributed by atoms with Gasteiger partial charge in [-0.1, -0.05) is 24.3 Å². The van der Waals surface area contributed by atoms with Gasteiger partial charge in [0.1, 0.15) is 5.75 Å². The van der Waals surface area contributed by atoms with Crippen molar-refractivity contribution in [3.63, 3.8) is 0 Å². The van der Waals surface area contributed by atoms with Crippen LogP contribution in [0.4, 0.5) is 21.9 Å². The maximum Gasteiger partial charge on any atom is 0.323 e. The summed E-state index contributed by atoms with van der Waals surface area (Å²) in [5.41, 5.74) is 4.86. The van der Waals surface area contributed by atoms with E-state index in [1.807, 2.05) is 50.2 Å². The van der Waals surface area contributed by atoms with E-state index < -0.39 is 17.9 Å². The molecule has 12 heteroatoms. The van der Waals surface area contributed by atoms with Crippen LogP contribution in [0, 0.1) is 0 Å². The summed E-state index contributed by atoms with van der Waals surface area (Å²) in [5, 5.41) is 22.4. The van der Waals surface area contributed by atoms with Crippen LogP contribution in [0.15, 0.2) is 91.3 Å². The largest absolute Gasteiger partial charge is 0.463 e. The van der Waals surface area contributed by atoms with E-state index in [0.29, 0.717) is 62.2 Å². The number of pyridine rings is 1. The number of aliphatic hydroxyl groups is 1. The van der Waals surface area contributed by atoms with Gasteiger partial charge >= 0.3 is 6.03 Å². The van der Waals surface area contributed by atoms with E-state index in [1.54, 1.807) is 48.7 Å². The molecule has 270 valence electrons. The Morgan fingerprint density at radius 1 is 0.863 bits per heavy atom. The van der Waals surface area contributed by atoms with Crippen LogP contribution in [0.1, 0.15) is 66.3 Å². The predicted molar refractivity (Wildman–Crippen MR) is 196 cm³/mol. The highest BCUT2D eigenvalue weighted by molar-refractivity contribution is 6.05. The zero-order valence-electron chi connectivity index (χ0n) is 29.2. The molecule has 3 aromatic carbocycles. The highest BCUT2D eigenvalue weighted by Crippen LogP contribution is 2.32. The standard InChI is InChI=1S/C39H47N5O7/c1-39(2)50-27-31-22-29(14-15-36(31)51-39)35(45)25-41-16-4-3-5-18-48-19-20-49-26-28-9-6-11-32(21-28)43-38(47)44-34-13-7-12-33(23-34)42-37(46)30-10-8-17-40-24-30/h6-15,17,21-24,35,41,45H,3-5,16,18-20,25-27H2,1-2H3,(H,42,46)(H2,43,44,47)/t35-/m0/s1. The highest BCUT2D eigenvalue weighted by Gasteiger charge is 2.27. The zero-order valence-corrected chi connectivity index (χ0v) is 29.2. The third kappa shape index (κ3) is 12.5. The van der Waals surface area contributed by atoms with Gasteiger partial charge < -0.3 is 45.3 Å². The van der Waals surface area contributed by atoms with Crippen LogP contribution in [0.3, 0.4) is 0 Å². The lowest BCUT2D eigenvalue weighted by Crippen LogP contribution is -2.35. The summed E-state index contributed by atoms with van der Waals surface area (Å²) in [6.45, 7) is 7.56. The molecule has 5 N–H and O–H groups in total. The average Bonchev–Trinajstić information content (AvgIpc) is 3.12. The van der Waals surface area contributed by atoms with Gasteiger partial charge in [0.15, 0.2) is 0 Å². The number of amides is 3. The first-order valence-corrected chi connectivity index (χ1v) is 17.2. The van der Waals surface area contributed by atoms with Gasteiger partial charge in [0, 0.05) is 62.0 Å². The molecule has 3 amide bonds. The van der Waals surface area contributed by atoms with Crippen molar-refractivity contribution < 1.29 is 33.6 Å². The van der Waals surface area contributed by atoms with E-state index in [2.05, 4.69) is 26.3 Å². The number of nitrogens with one attached hydrogen (secondary N) is 4. The first kappa shape index (κ1) is 37.4. The van der Waals surface area contributed by atoms with Crippen molar-refractivity contribution in [1.82, 2.24) is 10.3 Å². The number of carbonyl (C=O) groups is 2. The highest BCUT2D eigenvalue weighted by atomic mass is 16.7. The van der Waals surface area contributed by atoms with Gasteiger partial charge in [-0.3, -0.25) is 9.78 Å². The van der Waals surface area contributed by atoms with Crippen molar-refractivity contribution in [2.75, 3.05) is 48.9 Å². The van der Waals surface area contributed by atoms with Crippen LogP contribution < -0.4 is 26.0 Å². The predicted octanol–water partition coefficient (Wildman–Crippen LogP) is 6.65. The van der Waals surface area contributed by atoms with Gasteiger partial charge in [-0.25, -0.2) is 4.79 Å². The van der Waals surface area contributed by atoms with Crippen LogP contribution in [0.25, 0.3) is 0 Å². The molecule has 0 radical (unpaired) electrons. The Morgan fingerprint density at radius 3 is 2.43 bits per heavy atom. The summed E-state index contributed by atoms with van der Waals surface area (Å²) in [6.07, 6.45) is 5.46. The number of benzene rings is 3. The monoisotopic (exact) mass is 697 g/mol. The van der Waals surface area contributed by atoms with Gasteiger partial charge in [-0.15, -0.1) is 0 Å². The van der Waals surface area contributed by atoms with Crippen molar-refractivity contribution in [1.29, 1.82) is 0 Å². The SMILES string of the molecule is CC1(C)OCc2cc([C@@H](O)CNCCCCCOCCOCc3cccc(NC(=O)Nc4cccc(NC(=O)c5cccnc5)c4)c3)ccc2O1. The fourth-order valence-corrected chi connectivity index (χ4v) is 5.37. The molecule has 4 aromatic rings. The second-order valence-electron chi connectivity index (χ2n) is 12.7. The smallest absolute Gasteiger partial charge is 0.323 e. The van der Waals surface area contributed by atoms with Gasteiger partial charge in [0.25, 0.3) is 5.91 Å². The normalized spacial score (nSPS) is 13.8. The molecule has 0 saturated heterocycles. The molecule has 1 atom stereocenters. The van der Waals surface area contributed by atoms with Gasteiger partial charge in [0.05, 0.1) is 38.1 Å². The minimum absolute atomic E-state index is 0.289. The van der Waals surface area contributed by atoms with Gasteiger partial charge in [0.2, 0.25) is 5.79 Å². The third-order valence-corrected chi connectivity index (χ3v) is 8.01. The molecule has 5 rings (SSSR count). The van der Waals surface area contributed by atoms with E-state index in [9.17, 15) is 14.7 Å². The Labute approximate surface area is 298 Å². The summed E-state index contributed by atoms with van der Waals surface area (Å²) in [5.74, 6) is -0.118. The number of aromatic nitrogens is 1. The quantitative estimate of drug-likeness (QED) is 0.0720. The number of hydrogen-bond acceptors (Lipinski definition) is 9. The van der Waals surface area contributed by atoms with Crippen molar-refractivity contribution in [3.05, 3.63) is 114 Å². The van der Waals surface area contributed by atoms with E-state index in [4.69, 9.17) is 18.9 Å². The molecule has 0 spiro atoms. The summed E-state index contributed by atoms with van der Waals surface area (Å²) < 4.78 is 23.0. The molecular weight excluding hydrogens is 650 g/mol. The maximum absolute atomic E-state index is 12.7. The third-order valence-electron chi connectivity index (χ3n) is 8.01. The van der Waals surface area contributed by atoms with E-state index >= 15 is 0 Å². The number of anilines is 3. The summed E-state index contributed by atoms with van der Waals surface area (Å²) in [4.78, 5) is 29.0. The Balaban J connectivity index is 0.890. The lowest BCUT2D eigenvalue weighted by molar-refractivity contribution is -0.180. The fraction of sp³-hybridized carbons (Fsp3) is 0.359. The summed E-state index contributed by atoms with van der Waals surface area (Å²) >= 11 is 0.